The number of benzene rings is 1. The Balaban J connectivity index is 1.78. The van der Waals surface area contributed by atoms with Crippen LogP contribution in [0.1, 0.15) is 30.7 Å². The summed E-state index contributed by atoms with van der Waals surface area (Å²) in [6.45, 7) is 3.82. The number of rotatable bonds is 9. The van der Waals surface area contributed by atoms with Crippen molar-refractivity contribution < 1.29 is 18.3 Å². The predicted octanol–water partition coefficient (Wildman–Crippen LogP) is 3.69. The van der Waals surface area contributed by atoms with Gasteiger partial charge in [0.2, 0.25) is 17.8 Å². The number of aliphatic hydroxyl groups excluding tert-OH is 1. The monoisotopic (exact) mass is 447 g/mol. The fraction of sp³-hybridized carbons (Fsp3) is 0.333. The number of aliphatic hydroxyl groups is 1. The number of hydrogen-bond donors (Lipinski definition) is 4. The molecule has 0 fully saturated rings. The van der Waals surface area contributed by atoms with E-state index in [0.717, 1.165) is 17.8 Å². The van der Waals surface area contributed by atoms with E-state index in [-0.39, 0.29) is 31.0 Å². The lowest BCUT2D eigenvalue weighted by molar-refractivity contribution is -0.137. The van der Waals surface area contributed by atoms with Gasteiger partial charge in [0.1, 0.15) is 0 Å². The molecule has 0 saturated heterocycles. The van der Waals surface area contributed by atoms with Crippen molar-refractivity contribution in [3.63, 3.8) is 0 Å². The summed E-state index contributed by atoms with van der Waals surface area (Å²) in [6.07, 6.45) is -2.75. The van der Waals surface area contributed by atoms with Crippen molar-refractivity contribution in [2.24, 2.45) is 0 Å². The van der Waals surface area contributed by atoms with Gasteiger partial charge in [-0.05, 0) is 43.7 Å². The number of nitrogens with one attached hydrogen (secondary N) is 3. The molecular formula is C21H24F3N7O. The summed E-state index contributed by atoms with van der Waals surface area (Å²) in [5.74, 6) is 0.611. The smallest absolute Gasteiger partial charge is 0.394 e. The Kier molecular flexibility index (Phi) is 7.08. The first-order chi connectivity index (χ1) is 15.1. The highest BCUT2D eigenvalue weighted by atomic mass is 19.4. The van der Waals surface area contributed by atoms with E-state index in [1.807, 2.05) is 12.1 Å². The first kappa shape index (κ1) is 23.2. The lowest BCUT2D eigenvalue weighted by Crippen LogP contribution is -2.36. The van der Waals surface area contributed by atoms with Crippen molar-refractivity contribution in [1.29, 1.82) is 0 Å². The Morgan fingerprint density at radius 3 is 2.19 bits per heavy atom. The first-order valence-electron chi connectivity index (χ1n) is 9.83. The van der Waals surface area contributed by atoms with E-state index < -0.39 is 17.3 Å². The highest BCUT2D eigenvalue weighted by Crippen LogP contribution is 2.29. The van der Waals surface area contributed by atoms with Gasteiger partial charge in [-0.15, -0.1) is 0 Å². The van der Waals surface area contributed by atoms with E-state index >= 15 is 0 Å². The average molecular weight is 447 g/mol. The van der Waals surface area contributed by atoms with Gasteiger partial charge >= 0.3 is 6.18 Å². The molecule has 0 bridgehead atoms. The maximum Gasteiger partial charge on any atom is 0.416 e. The largest absolute Gasteiger partial charge is 0.416 e. The molecule has 0 aliphatic heterocycles. The summed E-state index contributed by atoms with van der Waals surface area (Å²) in [5, 5.41) is 18.5. The van der Waals surface area contributed by atoms with Crippen LogP contribution < -0.4 is 16.0 Å². The Morgan fingerprint density at radius 2 is 1.56 bits per heavy atom. The number of anilines is 3. The molecule has 0 amide bonds. The maximum absolute atomic E-state index is 13.0. The molecular weight excluding hydrogens is 423 g/mol. The molecule has 170 valence electrons. The van der Waals surface area contributed by atoms with Crippen molar-refractivity contribution in [3.8, 4) is 0 Å². The van der Waals surface area contributed by atoms with Crippen LogP contribution >= 0.6 is 0 Å². The molecule has 0 spiro atoms. The molecule has 0 aliphatic carbocycles. The number of hydrogen-bond acceptors (Lipinski definition) is 8. The summed E-state index contributed by atoms with van der Waals surface area (Å²) >= 11 is 0. The van der Waals surface area contributed by atoms with E-state index in [1.165, 1.54) is 6.07 Å². The van der Waals surface area contributed by atoms with Gasteiger partial charge in [0.05, 0.1) is 29.9 Å². The number of aromatic nitrogens is 4. The van der Waals surface area contributed by atoms with E-state index in [1.54, 1.807) is 32.2 Å². The Morgan fingerprint density at radius 1 is 0.875 bits per heavy atom. The van der Waals surface area contributed by atoms with Gasteiger partial charge in [0, 0.05) is 12.7 Å². The van der Waals surface area contributed by atoms with Crippen LogP contribution in [0.3, 0.4) is 0 Å². The van der Waals surface area contributed by atoms with E-state index in [2.05, 4.69) is 35.9 Å². The Labute approximate surface area is 183 Å². The Bertz CT molecular complexity index is 1030. The van der Waals surface area contributed by atoms with Gasteiger partial charge in [0.15, 0.2) is 0 Å². The molecule has 4 N–H and O–H groups in total. The highest BCUT2D eigenvalue weighted by Gasteiger charge is 2.30. The minimum absolute atomic E-state index is 0.0798. The van der Waals surface area contributed by atoms with Crippen LogP contribution in [0.15, 0.2) is 48.7 Å². The van der Waals surface area contributed by atoms with Gasteiger partial charge in [0.25, 0.3) is 0 Å². The molecule has 0 atom stereocenters. The van der Waals surface area contributed by atoms with Crippen LogP contribution in [0.25, 0.3) is 0 Å². The van der Waals surface area contributed by atoms with Crippen molar-refractivity contribution in [3.05, 3.63) is 65.5 Å². The zero-order chi connectivity index (χ0) is 23.2. The van der Waals surface area contributed by atoms with E-state index in [9.17, 15) is 18.3 Å². The van der Waals surface area contributed by atoms with Crippen LogP contribution in [-0.2, 0) is 19.3 Å². The summed E-state index contributed by atoms with van der Waals surface area (Å²) < 4.78 is 38.9. The topological polar surface area (TPSA) is 108 Å². The zero-order valence-electron chi connectivity index (χ0n) is 17.6. The first-order valence-corrected chi connectivity index (χ1v) is 9.83. The fourth-order valence-corrected chi connectivity index (χ4v) is 2.64. The standard InChI is InChI=1S/C21H24F3N7O/c1-20(2,13-32)31-19-29-17(26-11-14-6-5-7-15(10-14)21(22,23)24)28-18(30-19)27-12-16-8-3-4-9-25-16/h3-10,32H,11-13H2,1-2H3,(H3,26,27,28,29,30,31). The second-order valence-electron chi connectivity index (χ2n) is 7.70. The molecule has 2 heterocycles. The summed E-state index contributed by atoms with van der Waals surface area (Å²) in [5.41, 5.74) is -0.222. The Hall–Kier alpha value is -3.47. The maximum atomic E-state index is 13.0. The van der Waals surface area contributed by atoms with E-state index in [0.29, 0.717) is 12.1 Å². The van der Waals surface area contributed by atoms with Gasteiger partial charge < -0.3 is 21.1 Å². The van der Waals surface area contributed by atoms with Crippen molar-refractivity contribution in [1.82, 2.24) is 19.9 Å². The van der Waals surface area contributed by atoms with Crippen LogP contribution in [0, 0.1) is 0 Å². The van der Waals surface area contributed by atoms with Gasteiger partial charge in [-0.25, -0.2) is 0 Å². The normalized spacial score (nSPS) is 11.8. The molecule has 0 unspecified atom stereocenters. The van der Waals surface area contributed by atoms with Crippen molar-refractivity contribution >= 4 is 17.8 Å². The van der Waals surface area contributed by atoms with Gasteiger partial charge in [-0.3, -0.25) is 4.98 Å². The minimum atomic E-state index is -4.42. The summed E-state index contributed by atoms with van der Waals surface area (Å²) in [4.78, 5) is 17.1. The molecule has 0 aliphatic rings. The number of pyridine rings is 1. The lowest BCUT2D eigenvalue weighted by Gasteiger charge is -2.23. The fourth-order valence-electron chi connectivity index (χ4n) is 2.64. The lowest BCUT2D eigenvalue weighted by atomic mass is 10.1. The van der Waals surface area contributed by atoms with Crippen molar-refractivity contribution in [2.45, 2.75) is 38.7 Å². The second kappa shape index (κ2) is 9.77. The number of nitrogens with zero attached hydrogens (tertiary/aromatic N) is 4. The molecule has 0 radical (unpaired) electrons. The van der Waals surface area contributed by atoms with Crippen molar-refractivity contribution in [2.75, 3.05) is 22.6 Å². The SMILES string of the molecule is CC(C)(CO)Nc1nc(NCc2cccc(C(F)(F)F)c2)nc(NCc2ccccn2)n1. The van der Waals surface area contributed by atoms with Gasteiger partial charge in [-0.2, -0.15) is 28.1 Å². The summed E-state index contributed by atoms with van der Waals surface area (Å²) in [7, 11) is 0. The summed E-state index contributed by atoms with van der Waals surface area (Å²) in [6, 6.07) is 10.5. The van der Waals surface area contributed by atoms with Gasteiger partial charge in [-0.1, -0.05) is 18.2 Å². The highest BCUT2D eigenvalue weighted by molar-refractivity contribution is 5.44. The van der Waals surface area contributed by atoms with Crippen LogP contribution in [0.4, 0.5) is 31.0 Å². The molecule has 1 aromatic carbocycles. The molecule has 11 heteroatoms. The zero-order valence-corrected chi connectivity index (χ0v) is 17.6. The average Bonchev–Trinajstić information content (AvgIpc) is 2.76. The van der Waals surface area contributed by atoms with Crippen LogP contribution in [0.2, 0.25) is 0 Å². The van der Waals surface area contributed by atoms with Crippen LogP contribution in [-0.4, -0.2) is 37.2 Å². The quantitative estimate of drug-likeness (QED) is 0.393. The molecule has 2 aromatic heterocycles. The van der Waals surface area contributed by atoms with Crippen LogP contribution in [0.5, 0.6) is 0 Å². The second-order valence-corrected chi connectivity index (χ2v) is 7.70. The third kappa shape index (κ3) is 6.77. The van der Waals surface area contributed by atoms with E-state index in [4.69, 9.17) is 0 Å². The minimum Gasteiger partial charge on any atom is -0.394 e. The molecule has 8 nitrogen and oxygen atoms in total. The third-order valence-corrected chi connectivity index (χ3v) is 4.34. The molecule has 0 saturated carbocycles. The number of halogens is 3. The molecule has 3 aromatic rings. The molecule has 32 heavy (non-hydrogen) atoms. The number of alkyl halides is 3. The molecule has 3 rings (SSSR count). The third-order valence-electron chi connectivity index (χ3n) is 4.34. The predicted molar refractivity (Wildman–Crippen MR) is 115 cm³/mol.